The number of carbonyl (C=O) groups excluding carboxylic acids is 4. The highest BCUT2D eigenvalue weighted by Gasteiger charge is 2.51. The Balaban J connectivity index is 1.13. The van der Waals surface area contributed by atoms with Crippen LogP contribution >= 0.6 is 0 Å². The Morgan fingerprint density at radius 3 is 2.27 bits per heavy atom. The first-order chi connectivity index (χ1) is 24.7. The molecule has 5 amide bonds. The Bertz CT molecular complexity index is 2070. The van der Waals surface area contributed by atoms with Gasteiger partial charge in [0.25, 0.3) is 5.91 Å². The molecule has 0 unspecified atom stereocenters. The number of rotatable bonds is 9. The lowest BCUT2D eigenvalue weighted by molar-refractivity contribution is -0.157. The molecule has 0 spiro atoms. The topological polar surface area (TPSA) is 105 Å². The predicted molar refractivity (Wildman–Crippen MR) is 191 cm³/mol. The molecule has 11 heteroatoms. The second-order valence-electron chi connectivity index (χ2n) is 12.8. The number of nitrogens with zero attached hydrogens (tertiary/aromatic N) is 4. The van der Waals surface area contributed by atoms with E-state index in [4.69, 9.17) is 0 Å². The molecule has 0 saturated carbocycles. The van der Waals surface area contributed by atoms with Crippen molar-refractivity contribution in [3.63, 3.8) is 0 Å². The molecule has 51 heavy (non-hydrogen) atoms. The third-order valence-electron chi connectivity index (χ3n) is 9.52. The molecule has 2 N–H and O–H groups in total. The van der Waals surface area contributed by atoms with Crippen molar-refractivity contribution in [3.05, 3.63) is 149 Å². The molecule has 5 aromatic rings. The molecule has 0 radical (unpaired) electrons. The standard InChI is InChI=1S/C40H37FN6O4/c1-44(40(51)42-23-28-14-18-32(41)19-15-28)46-26-37(48)47-35(22-27-16-20-33(21-17-27)43-38(49)30-9-3-2-4-10-30)39(50)45(25-36(46)47)24-31-12-7-11-29-8-5-6-13-34(29)31/h2-21,35-36H,22-26H2,1H3,(H,42,51)(H,43,49)/t35-,36+/m0/s1. The van der Waals surface area contributed by atoms with Crippen LogP contribution in [0.25, 0.3) is 10.8 Å². The summed E-state index contributed by atoms with van der Waals surface area (Å²) in [4.78, 5) is 57.5. The first kappa shape index (κ1) is 33.4. The van der Waals surface area contributed by atoms with Crippen molar-refractivity contribution in [2.24, 2.45) is 0 Å². The van der Waals surface area contributed by atoms with Crippen LogP contribution in [0.4, 0.5) is 14.9 Å². The summed E-state index contributed by atoms with van der Waals surface area (Å²) in [7, 11) is 1.60. The maximum Gasteiger partial charge on any atom is 0.332 e. The summed E-state index contributed by atoms with van der Waals surface area (Å²) in [5.41, 5.74) is 3.67. The summed E-state index contributed by atoms with van der Waals surface area (Å²) in [6.07, 6.45) is -0.352. The summed E-state index contributed by atoms with van der Waals surface area (Å²) in [5.74, 6) is -1.03. The minimum Gasteiger partial charge on any atom is -0.333 e. The SMILES string of the molecule is CN(C(=O)NCc1ccc(F)cc1)N1CC(=O)N2[C@@H](Cc3ccc(NC(=O)c4ccccc4)cc3)C(=O)N(Cc3cccc4ccccc34)C[C@@H]21. The Kier molecular flexibility index (Phi) is 9.45. The fraction of sp³-hybridized carbons (Fsp3) is 0.200. The highest BCUT2D eigenvalue weighted by molar-refractivity contribution is 6.04. The average Bonchev–Trinajstić information content (AvgIpc) is 3.48. The van der Waals surface area contributed by atoms with Gasteiger partial charge in [-0.3, -0.25) is 19.4 Å². The van der Waals surface area contributed by atoms with E-state index in [1.807, 2.05) is 60.7 Å². The average molecular weight is 685 g/mol. The van der Waals surface area contributed by atoms with E-state index in [0.29, 0.717) is 17.8 Å². The van der Waals surface area contributed by atoms with Crippen molar-refractivity contribution in [2.45, 2.75) is 31.7 Å². The molecule has 10 nitrogen and oxygen atoms in total. The molecule has 2 saturated heterocycles. The number of hydrazine groups is 1. The van der Waals surface area contributed by atoms with Gasteiger partial charge < -0.3 is 20.4 Å². The van der Waals surface area contributed by atoms with Gasteiger partial charge in [-0.15, -0.1) is 0 Å². The number of urea groups is 1. The Morgan fingerprint density at radius 2 is 1.51 bits per heavy atom. The second kappa shape index (κ2) is 14.4. The minimum absolute atomic E-state index is 0.0819. The normalized spacial score (nSPS) is 17.4. The third-order valence-corrected chi connectivity index (χ3v) is 9.52. The molecule has 5 aromatic carbocycles. The molecule has 2 atom stereocenters. The van der Waals surface area contributed by atoms with E-state index in [1.165, 1.54) is 17.1 Å². The van der Waals surface area contributed by atoms with Gasteiger partial charge in [0.1, 0.15) is 18.0 Å². The lowest BCUT2D eigenvalue weighted by atomic mass is 9.98. The number of amides is 5. The van der Waals surface area contributed by atoms with Crippen molar-refractivity contribution in [2.75, 3.05) is 25.5 Å². The highest BCUT2D eigenvalue weighted by Crippen LogP contribution is 2.31. The predicted octanol–water partition coefficient (Wildman–Crippen LogP) is 5.41. The summed E-state index contributed by atoms with van der Waals surface area (Å²) in [5, 5.41) is 10.9. The van der Waals surface area contributed by atoms with E-state index in [9.17, 15) is 23.6 Å². The molecule has 2 aliphatic rings. The van der Waals surface area contributed by atoms with Gasteiger partial charge in [0.2, 0.25) is 11.8 Å². The molecular formula is C40H37FN6O4. The fourth-order valence-electron chi connectivity index (χ4n) is 6.84. The number of hydrogen-bond acceptors (Lipinski definition) is 5. The number of carbonyl (C=O) groups is 4. The largest absolute Gasteiger partial charge is 0.333 e. The van der Waals surface area contributed by atoms with E-state index >= 15 is 0 Å². The molecule has 258 valence electrons. The van der Waals surface area contributed by atoms with Gasteiger partial charge in [0, 0.05) is 37.8 Å². The third kappa shape index (κ3) is 7.15. The van der Waals surface area contributed by atoms with Gasteiger partial charge in [-0.2, -0.15) is 5.01 Å². The summed E-state index contributed by atoms with van der Waals surface area (Å²) < 4.78 is 13.4. The van der Waals surface area contributed by atoms with Gasteiger partial charge in [0.05, 0.1) is 13.1 Å². The Labute approximate surface area is 295 Å². The van der Waals surface area contributed by atoms with Crippen molar-refractivity contribution in [1.82, 2.24) is 25.1 Å². The van der Waals surface area contributed by atoms with E-state index < -0.39 is 18.2 Å². The number of anilines is 1. The van der Waals surface area contributed by atoms with E-state index in [2.05, 4.69) is 10.6 Å². The van der Waals surface area contributed by atoms with Gasteiger partial charge >= 0.3 is 6.03 Å². The first-order valence-electron chi connectivity index (χ1n) is 16.8. The van der Waals surface area contributed by atoms with Gasteiger partial charge in [-0.05, 0) is 63.9 Å². The molecular weight excluding hydrogens is 647 g/mol. The zero-order valence-corrected chi connectivity index (χ0v) is 28.0. The van der Waals surface area contributed by atoms with Gasteiger partial charge in [-0.1, -0.05) is 84.9 Å². The van der Waals surface area contributed by atoms with Crippen LogP contribution in [-0.4, -0.2) is 75.9 Å². The minimum atomic E-state index is -0.823. The van der Waals surface area contributed by atoms with Crippen LogP contribution in [-0.2, 0) is 29.1 Å². The summed E-state index contributed by atoms with van der Waals surface area (Å²) >= 11 is 0. The van der Waals surface area contributed by atoms with Crippen LogP contribution in [0.5, 0.6) is 0 Å². The summed E-state index contributed by atoms with van der Waals surface area (Å²) in [6, 6.07) is 34.8. The Hall–Kier alpha value is -6.07. The van der Waals surface area contributed by atoms with Gasteiger partial charge in [0.15, 0.2) is 0 Å². The van der Waals surface area contributed by atoms with Crippen molar-refractivity contribution >= 4 is 40.2 Å². The zero-order chi connectivity index (χ0) is 35.5. The van der Waals surface area contributed by atoms with Crippen LogP contribution in [0.2, 0.25) is 0 Å². The lowest BCUT2D eigenvalue weighted by Gasteiger charge is -2.46. The smallest absolute Gasteiger partial charge is 0.332 e. The number of halogens is 1. The van der Waals surface area contributed by atoms with Crippen molar-refractivity contribution < 1.29 is 23.6 Å². The quantitative estimate of drug-likeness (QED) is 0.216. The molecule has 0 aliphatic carbocycles. The number of fused-ring (bicyclic) bond motifs is 2. The monoisotopic (exact) mass is 684 g/mol. The fourth-order valence-corrected chi connectivity index (χ4v) is 6.84. The number of hydrogen-bond donors (Lipinski definition) is 2. The summed E-state index contributed by atoms with van der Waals surface area (Å²) in [6.45, 7) is 0.621. The molecule has 0 aromatic heterocycles. The maximum absolute atomic E-state index is 14.4. The Morgan fingerprint density at radius 1 is 0.824 bits per heavy atom. The first-order valence-corrected chi connectivity index (χ1v) is 16.8. The van der Waals surface area contributed by atoms with Crippen molar-refractivity contribution in [1.29, 1.82) is 0 Å². The second-order valence-corrected chi connectivity index (χ2v) is 12.8. The van der Waals surface area contributed by atoms with Crippen molar-refractivity contribution in [3.8, 4) is 0 Å². The molecule has 2 fully saturated rings. The van der Waals surface area contributed by atoms with E-state index in [1.54, 1.807) is 70.4 Å². The van der Waals surface area contributed by atoms with Crippen LogP contribution < -0.4 is 10.6 Å². The molecule has 0 bridgehead atoms. The van der Waals surface area contributed by atoms with Gasteiger partial charge in [-0.25, -0.2) is 9.18 Å². The van der Waals surface area contributed by atoms with E-state index in [0.717, 1.165) is 27.5 Å². The van der Waals surface area contributed by atoms with E-state index in [-0.39, 0.29) is 49.6 Å². The molecule has 2 heterocycles. The number of benzene rings is 5. The zero-order valence-electron chi connectivity index (χ0n) is 28.0. The van der Waals surface area contributed by atoms with Crippen LogP contribution in [0.15, 0.2) is 121 Å². The molecule has 2 aliphatic heterocycles. The van der Waals surface area contributed by atoms with Crippen LogP contribution in [0.3, 0.4) is 0 Å². The maximum atomic E-state index is 14.4. The number of piperazine rings is 1. The lowest BCUT2D eigenvalue weighted by Crippen LogP contribution is -2.65. The number of nitrogens with one attached hydrogen (secondary N) is 2. The van der Waals surface area contributed by atoms with Crippen LogP contribution in [0.1, 0.15) is 27.0 Å². The van der Waals surface area contributed by atoms with Crippen LogP contribution in [0, 0.1) is 5.82 Å². The highest BCUT2D eigenvalue weighted by atomic mass is 19.1. The molecule has 7 rings (SSSR count).